The largest absolute Gasteiger partial charge is 0.342 e. The third-order valence-electron chi connectivity index (χ3n) is 3.28. The molecular weight excluding hydrogens is 271 g/mol. The molecule has 116 valence electrons. The minimum absolute atomic E-state index is 0.0106. The summed E-state index contributed by atoms with van der Waals surface area (Å²) in [5.41, 5.74) is 0.782. The Kier molecular flexibility index (Phi) is 7.02. The summed E-state index contributed by atoms with van der Waals surface area (Å²) in [6, 6.07) is 5.90. The predicted molar refractivity (Wildman–Crippen MR) is 80.5 cm³/mol. The molecule has 1 aromatic carbocycles. The van der Waals surface area contributed by atoms with Crippen LogP contribution in [0.25, 0.3) is 0 Å². The van der Waals surface area contributed by atoms with Gasteiger partial charge in [0.05, 0.1) is 13.1 Å². The molecule has 0 saturated carbocycles. The van der Waals surface area contributed by atoms with E-state index in [0.29, 0.717) is 13.1 Å². The van der Waals surface area contributed by atoms with Crippen molar-refractivity contribution in [3.63, 3.8) is 0 Å². The summed E-state index contributed by atoms with van der Waals surface area (Å²) in [4.78, 5) is 27.3. The van der Waals surface area contributed by atoms with E-state index in [2.05, 4.69) is 0 Å². The van der Waals surface area contributed by atoms with Gasteiger partial charge in [-0.1, -0.05) is 12.1 Å². The van der Waals surface area contributed by atoms with Crippen LogP contribution in [0.1, 0.15) is 19.4 Å². The SMILES string of the molecule is CCN(CC)C(=O)CN(C)CC(=O)Cc1ccc(F)cc1. The number of carbonyl (C=O) groups is 2. The molecular formula is C16H23FN2O2. The first-order valence-corrected chi connectivity index (χ1v) is 7.18. The van der Waals surface area contributed by atoms with Gasteiger partial charge in [0.1, 0.15) is 5.82 Å². The smallest absolute Gasteiger partial charge is 0.236 e. The summed E-state index contributed by atoms with van der Waals surface area (Å²) < 4.78 is 12.8. The first-order valence-electron chi connectivity index (χ1n) is 7.18. The molecule has 0 fully saturated rings. The van der Waals surface area contributed by atoms with Gasteiger partial charge >= 0.3 is 0 Å². The van der Waals surface area contributed by atoms with E-state index in [1.54, 1.807) is 29.0 Å². The monoisotopic (exact) mass is 294 g/mol. The Hall–Kier alpha value is -1.75. The molecule has 0 bridgehead atoms. The molecule has 4 nitrogen and oxygen atoms in total. The lowest BCUT2D eigenvalue weighted by Gasteiger charge is -2.22. The van der Waals surface area contributed by atoms with E-state index in [4.69, 9.17) is 0 Å². The van der Waals surface area contributed by atoms with Crippen molar-refractivity contribution >= 4 is 11.7 Å². The summed E-state index contributed by atoms with van der Waals surface area (Å²) in [6.07, 6.45) is 0.254. The summed E-state index contributed by atoms with van der Waals surface area (Å²) in [6.45, 7) is 5.66. The minimum atomic E-state index is -0.312. The summed E-state index contributed by atoms with van der Waals surface area (Å²) in [5, 5.41) is 0. The van der Waals surface area contributed by atoms with Crippen molar-refractivity contribution in [3.05, 3.63) is 35.6 Å². The van der Waals surface area contributed by atoms with Crippen LogP contribution >= 0.6 is 0 Å². The first kappa shape index (κ1) is 17.3. The van der Waals surface area contributed by atoms with Crippen LogP contribution in [-0.2, 0) is 16.0 Å². The van der Waals surface area contributed by atoms with Crippen LogP contribution in [0.2, 0.25) is 0 Å². The number of rotatable bonds is 8. The number of ketones is 1. The van der Waals surface area contributed by atoms with E-state index in [1.165, 1.54) is 12.1 Å². The molecule has 21 heavy (non-hydrogen) atoms. The molecule has 5 heteroatoms. The number of carbonyl (C=O) groups excluding carboxylic acids is 2. The van der Waals surface area contributed by atoms with Gasteiger partial charge in [0.2, 0.25) is 5.91 Å². The van der Waals surface area contributed by atoms with Crippen LogP contribution in [0.15, 0.2) is 24.3 Å². The van der Waals surface area contributed by atoms with Crippen molar-refractivity contribution in [1.29, 1.82) is 0 Å². The Bertz CT molecular complexity index is 470. The van der Waals surface area contributed by atoms with Crippen LogP contribution in [0.5, 0.6) is 0 Å². The first-order chi connectivity index (χ1) is 9.96. The number of hydrogen-bond donors (Lipinski definition) is 0. The van der Waals surface area contributed by atoms with Crippen molar-refractivity contribution in [3.8, 4) is 0 Å². The maximum atomic E-state index is 12.8. The second kappa shape index (κ2) is 8.52. The average Bonchev–Trinajstić information content (AvgIpc) is 2.42. The lowest BCUT2D eigenvalue weighted by Crippen LogP contribution is -2.40. The van der Waals surface area contributed by atoms with E-state index < -0.39 is 0 Å². The number of benzene rings is 1. The molecule has 0 aliphatic rings. The molecule has 0 radical (unpaired) electrons. The third-order valence-corrected chi connectivity index (χ3v) is 3.28. The van der Waals surface area contributed by atoms with Gasteiger partial charge in [0.25, 0.3) is 0 Å². The van der Waals surface area contributed by atoms with E-state index >= 15 is 0 Å². The fourth-order valence-electron chi connectivity index (χ4n) is 2.15. The standard InChI is InChI=1S/C16H23FN2O2/c1-4-19(5-2)16(21)12-18(3)11-15(20)10-13-6-8-14(17)9-7-13/h6-9H,4-5,10-12H2,1-3H3. The van der Waals surface area contributed by atoms with Gasteiger partial charge in [-0.25, -0.2) is 4.39 Å². The molecule has 0 aliphatic heterocycles. The second-order valence-electron chi connectivity index (χ2n) is 5.08. The van der Waals surface area contributed by atoms with Crippen molar-refractivity contribution in [2.75, 3.05) is 33.2 Å². The van der Waals surface area contributed by atoms with E-state index in [1.807, 2.05) is 13.8 Å². The van der Waals surface area contributed by atoms with Crippen LogP contribution < -0.4 is 0 Å². The van der Waals surface area contributed by atoms with Gasteiger partial charge in [0.15, 0.2) is 5.78 Å². The molecule has 1 amide bonds. The van der Waals surface area contributed by atoms with Gasteiger partial charge in [-0.3, -0.25) is 14.5 Å². The second-order valence-corrected chi connectivity index (χ2v) is 5.08. The molecule has 0 atom stereocenters. The normalized spacial score (nSPS) is 10.7. The van der Waals surface area contributed by atoms with Gasteiger partial charge in [-0.15, -0.1) is 0 Å². The van der Waals surface area contributed by atoms with Crippen molar-refractivity contribution < 1.29 is 14.0 Å². The average molecular weight is 294 g/mol. The van der Waals surface area contributed by atoms with Crippen LogP contribution in [0, 0.1) is 5.82 Å². The van der Waals surface area contributed by atoms with Crippen LogP contribution in [-0.4, -0.2) is 54.7 Å². The Morgan fingerprint density at radius 3 is 2.14 bits per heavy atom. The van der Waals surface area contributed by atoms with E-state index in [9.17, 15) is 14.0 Å². The van der Waals surface area contributed by atoms with Crippen molar-refractivity contribution in [1.82, 2.24) is 9.80 Å². The fraction of sp³-hybridized carbons (Fsp3) is 0.500. The number of likely N-dealkylation sites (N-methyl/N-ethyl adjacent to an activating group) is 2. The highest BCUT2D eigenvalue weighted by atomic mass is 19.1. The highest BCUT2D eigenvalue weighted by molar-refractivity contribution is 5.84. The van der Waals surface area contributed by atoms with Gasteiger partial charge in [0, 0.05) is 19.5 Å². The molecule has 0 unspecified atom stereocenters. The summed E-state index contributed by atoms with van der Waals surface area (Å²) >= 11 is 0. The number of halogens is 1. The Morgan fingerprint density at radius 1 is 1.05 bits per heavy atom. The van der Waals surface area contributed by atoms with Gasteiger partial charge < -0.3 is 4.90 Å². The molecule has 1 aromatic rings. The molecule has 0 saturated heterocycles. The van der Waals surface area contributed by atoms with Crippen molar-refractivity contribution in [2.45, 2.75) is 20.3 Å². The Labute approximate surface area is 125 Å². The molecule has 0 spiro atoms. The Morgan fingerprint density at radius 2 is 1.62 bits per heavy atom. The van der Waals surface area contributed by atoms with E-state index in [-0.39, 0.29) is 37.0 Å². The molecule has 0 heterocycles. The quantitative estimate of drug-likeness (QED) is 0.733. The number of Topliss-reactive ketones (excluding diaryl/α,β-unsaturated/α-hetero) is 1. The van der Waals surface area contributed by atoms with Crippen LogP contribution in [0.4, 0.5) is 4.39 Å². The zero-order valence-corrected chi connectivity index (χ0v) is 12.9. The number of amides is 1. The van der Waals surface area contributed by atoms with E-state index in [0.717, 1.165) is 5.56 Å². The number of nitrogens with zero attached hydrogens (tertiary/aromatic N) is 2. The summed E-state index contributed by atoms with van der Waals surface area (Å²) in [7, 11) is 1.75. The lowest BCUT2D eigenvalue weighted by molar-refractivity contribution is -0.132. The third kappa shape index (κ3) is 6.04. The molecule has 1 rings (SSSR count). The fourth-order valence-corrected chi connectivity index (χ4v) is 2.15. The topological polar surface area (TPSA) is 40.6 Å². The maximum absolute atomic E-state index is 12.8. The van der Waals surface area contributed by atoms with Crippen molar-refractivity contribution in [2.24, 2.45) is 0 Å². The van der Waals surface area contributed by atoms with Gasteiger partial charge in [-0.05, 0) is 38.6 Å². The highest BCUT2D eigenvalue weighted by Gasteiger charge is 2.14. The zero-order chi connectivity index (χ0) is 15.8. The molecule has 0 N–H and O–H groups in total. The molecule has 0 aromatic heterocycles. The summed E-state index contributed by atoms with van der Waals surface area (Å²) in [5.74, 6) is -0.276. The van der Waals surface area contributed by atoms with Crippen LogP contribution in [0.3, 0.4) is 0 Å². The minimum Gasteiger partial charge on any atom is -0.342 e. The number of hydrogen-bond acceptors (Lipinski definition) is 3. The van der Waals surface area contributed by atoms with Gasteiger partial charge in [-0.2, -0.15) is 0 Å². The maximum Gasteiger partial charge on any atom is 0.236 e. The highest BCUT2D eigenvalue weighted by Crippen LogP contribution is 2.04. The molecule has 0 aliphatic carbocycles. The zero-order valence-electron chi connectivity index (χ0n) is 12.9. The lowest BCUT2D eigenvalue weighted by atomic mass is 10.1. The Balaban J connectivity index is 2.43. The predicted octanol–water partition coefficient (Wildman–Crippen LogP) is 1.74.